The molecule has 3 N–H and O–H groups in total. The number of carboxylic acids is 1. The summed E-state index contributed by atoms with van der Waals surface area (Å²) in [5.41, 5.74) is 0. The van der Waals surface area contributed by atoms with Crippen LogP contribution in [-0.2, 0) is 4.79 Å². The third-order valence-corrected chi connectivity index (χ3v) is 3.35. The minimum atomic E-state index is -1.41. The number of amides is 2. The molecule has 1 saturated carbocycles. The molecule has 6 nitrogen and oxygen atoms in total. The third-order valence-electron chi connectivity index (χ3n) is 3.35. The van der Waals surface area contributed by atoms with Crippen LogP contribution in [0.25, 0.3) is 0 Å². The van der Waals surface area contributed by atoms with Crippen LogP contribution in [0.3, 0.4) is 0 Å². The lowest BCUT2D eigenvalue weighted by atomic mass is 10.2. The zero-order valence-corrected chi connectivity index (χ0v) is 10.8. The summed E-state index contributed by atoms with van der Waals surface area (Å²) in [7, 11) is 0. The molecule has 1 aliphatic rings. The lowest BCUT2D eigenvalue weighted by molar-refractivity contribution is -0.146. The van der Waals surface area contributed by atoms with Crippen LogP contribution >= 0.6 is 0 Å². The number of hydrogen-bond acceptors (Lipinski definition) is 3. The number of rotatable bonds is 6. The summed E-state index contributed by atoms with van der Waals surface area (Å²) in [6.07, 6.45) is 3.02. The van der Waals surface area contributed by atoms with E-state index in [-0.39, 0.29) is 19.0 Å². The minimum Gasteiger partial charge on any atom is -0.479 e. The summed E-state index contributed by atoms with van der Waals surface area (Å²) in [6.45, 7) is 2.76. The molecular formula is C12H22N2O4. The van der Waals surface area contributed by atoms with E-state index < -0.39 is 12.1 Å². The van der Waals surface area contributed by atoms with Crippen molar-refractivity contribution in [1.82, 2.24) is 10.2 Å². The first kappa shape index (κ1) is 14.8. The molecule has 1 fully saturated rings. The van der Waals surface area contributed by atoms with Crippen LogP contribution in [0.2, 0.25) is 0 Å². The van der Waals surface area contributed by atoms with Crippen molar-refractivity contribution in [2.75, 3.05) is 13.1 Å². The van der Waals surface area contributed by atoms with Gasteiger partial charge in [-0.2, -0.15) is 0 Å². The standard InChI is InChI=1S/C12H22N2O4/c1-2-14(9-5-3-4-6-9)12(18)13-8-7-10(15)11(16)17/h9-10,15H,2-8H2,1H3,(H,13,18)(H,16,17). The van der Waals surface area contributed by atoms with Crippen LogP contribution in [0.4, 0.5) is 4.79 Å². The van der Waals surface area contributed by atoms with Gasteiger partial charge < -0.3 is 20.4 Å². The monoisotopic (exact) mass is 258 g/mol. The summed E-state index contributed by atoms with van der Waals surface area (Å²) in [5.74, 6) is -1.26. The molecule has 6 heteroatoms. The molecule has 18 heavy (non-hydrogen) atoms. The molecule has 0 aromatic carbocycles. The first-order chi connectivity index (χ1) is 8.56. The van der Waals surface area contributed by atoms with Gasteiger partial charge in [0.2, 0.25) is 0 Å². The summed E-state index contributed by atoms with van der Waals surface area (Å²) >= 11 is 0. The Bertz CT molecular complexity index is 290. The Kier molecular flexibility index (Phi) is 5.91. The van der Waals surface area contributed by atoms with Gasteiger partial charge in [-0.15, -0.1) is 0 Å². The molecule has 1 atom stereocenters. The number of urea groups is 1. The first-order valence-electron chi connectivity index (χ1n) is 6.51. The Balaban J connectivity index is 2.31. The number of hydrogen-bond donors (Lipinski definition) is 3. The van der Waals surface area contributed by atoms with Crippen LogP contribution in [0.15, 0.2) is 0 Å². The van der Waals surface area contributed by atoms with Crippen molar-refractivity contribution >= 4 is 12.0 Å². The van der Waals surface area contributed by atoms with Crippen molar-refractivity contribution in [2.24, 2.45) is 0 Å². The van der Waals surface area contributed by atoms with E-state index in [1.165, 1.54) is 0 Å². The molecule has 104 valence electrons. The quantitative estimate of drug-likeness (QED) is 0.657. The van der Waals surface area contributed by atoms with Crippen molar-refractivity contribution < 1.29 is 19.8 Å². The van der Waals surface area contributed by atoms with Gasteiger partial charge in [-0.05, 0) is 19.8 Å². The van der Waals surface area contributed by atoms with E-state index in [2.05, 4.69) is 5.32 Å². The fraction of sp³-hybridized carbons (Fsp3) is 0.833. The van der Waals surface area contributed by atoms with Crippen LogP contribution in [0.5, 0.6) is 0 Å². The SMILES string of the molecule is CCN(C(=O)NCCC(O)C(=O)O)C1CCCC1. The topological polar surface area (TPSA) is 89.9 Å². The van der Waals surface area contributed by atoms with Crippen molar-refractivity contribution in [1.29, 1.82) is 0 Å². The fourth-order valence-electron chi connectivity index (χ4n) is 2.32. The molecule has 1 rings (SSSR count). The van der Waals surface area contributed by atoms with E-state index in [9.17, 15) is 9.59 Å². The molecule has 0 bridgehead atoms. The van der Waals surface area contributed by atoms with Gasteiger partial charge in [0.1, 0.15) is 0 Å². The van der Waals surface area contributed by atoms with E-state index in [1.807, 2.05) is 6.92 Å². The average molecular weight is 258 g/mol. The molecule has 0 spiro atoms. The maximum atomic E-state index is 11.9. The Morgan fingerprint density at radius 1 is 1.39 bits per heavy atom. The van der Waals surface area contributed by atoms with Crippen molar-refractivity contribution in [3.8, 4) is 0 Å². The van der Waals surface area contributed by atoms with Crippen molar-refractivity contribution in [3.05, 3.63) is 0 Å². The highest BCUT2D eigenvalue weighted by Gasteiger charge is 2.25. The number of aliphatic carboxylic acids is 1. The van der Waals surface area contributed by atoms with E-state index in [0.717, 1.165) is 25.7 Å². The van der Waals surface area contributed by atoms with Gasteiger partial charge in [0.05, 0.1) is 0 Å². The third kappa shape index (κ3) is 4.18. The van der Waals surface area contributed by atoms with Crippen LogP contribution in [0.1, 0.15) is 39.0 Å². The van der Waals surface area contributed by atoms with Gasteiger partial charge in [0, 0.05) is 25.6 Å². The predicted octanol–water partition coefficient (Wildman–Crippen LogP) is 0.796. The number of aliphatic hydroxyl groups is 1. The van der Waals surface area contributed by atoms with Gasteiger partial charge >= 0.3 is 12.0 Å². The predicted molar refractivity (Wildman–Crippen MR) is 66.3 cm³/mol. The highest BCUT2D eigenvalue weighted by molar-refractivity contribution is 5.75. The number of nitrogens with zero attached hydrogens (tertiary/aromatic N) is 1. The second-order valence-corrected chi connectivity index (χ2v) is 4.60. The van der Waals surface area contributed by atoms with Crippen molar-refractivity contribution in [3.63, 3.8) is 0 Å². The first-order valence-corrected chi connectivity index (χ1v) is 6.51. The summed E-state index contributed by atoms with van der Waals surface area (Å²) < 4.78 is 0. The molecule has 0 aromatic rings. The maximum Gasteiger partial charge on any atom is 0.332 e. The number of aliphatic hydroxyl groups excluding tert-OH is 1. The van der Waals surface area contributed by atoms with Crippen molar-refractivity contribution in [2.45, 2.75) is 51.2 Å². The molecule has 2 amide bonds. The second-order valence-electron chi connectivity index (χ2n) is 4.60. The minimum absolute atomic E-state index is 0.0310. The van der Waals surface area contributed by atoms with Gasteiger partial charge in [-0.25, -0.2) is 9.59 Å². The van der Waals surface area contributed by atoms with Crippen LogP contribution in [0, 0.1) is 0 Å². The zero-order valence-electron chi connectivity index (χ0n) is 10.8. The van der Waals surface area contributed by atoms with E-state index in [0.29, 0.717) is 12.6 Å². The maximum absolute atomic E-state index is 11.9. The molecular weight excluding hydrogens is 236 g/mol. The second kappa shape index (κ2) is 7.20. The highest BCUT2D eigenvalue weighted by Crippen LogP contribution is 2.23. The fourth-order valence-corrected chi connectivity index (χ4v) is 2.32. The van der Waals surface area contributed by atoms with Crippen LogP contribution < -0.4 is 5.32 Å². The van der Waals surface area contributed by atoms with Gasteiger partial charge in [-0.1, -0.05) is 12.8 Å². The largest absolute Gasteiger partial charge is 0.479 e. The molecule has 0 heterocycles. The van der Waals surface area contributed by atoms with Gasteiger partial charge in [0.25, 0.3) is 0 Å². The number of carbonyl (C=O) groups excluding carboxylic acids is 1. The van der Waals surface area contributed by atoms with Gasteiger partial charge in [0.15, 0.2) is 6.10 Å². The average Bonchev–Trinajstić information content (AvgIpc) is 2.83. The molecule has 1 unspecified atom stereocenters. The zero-order chi connectivity index (χ0) is 13.5. The van der Waals surface area contributed by atoms with E-state index in [1.54, 1.807) is 4.90 Å². The number of carboxylic acid groups (broad SMARTS) is 1. The molecule has 0 saturated heterocycles. The lowest BCUT2D eigenvalue weighted by Gasteiger charge is -2.27. The van der Waals surface area contributed by atoms with Crippen LogP contribution in [-0.4, -0.2) is 52.3 Å². The summed E-state index contributed by atoms with van der Waals surface area (Å²) in [5, 5.41) is 20.2. The molecule has 0 aliphatic heterocycles. The Morgan fingerprint density at radius 3 is 2.50 bits per heavy atom. The normalized spacial score (nSPS) is 17.4. The molecule has 0 aromatic heterocycles. The van der Waals surface area contributed by atoms with E-state index in [4.69, 9.17) is 10.2 Å². The van der Waals surface area contributed by atoms with Gasteiger partial charge in [-0.3, -0.25) is 0 Å². The smallest absolute Gasteiger partial charge is 0.332 e. The Labute approximate surface area is 107 Å². The molecule has 0 radical (unpaired) electrons. The Hall–Kier alpha value is -1.30. The summed E-state index contributed by atoms with van der Waals surface area (Å²) in [4.78, 5) is 24.1. The highest BCUT2D eigenvalue weighted by atomic mass is 16.4. The molecule has 1 aliphatic carbocycles. The Morgan fingerprint density at radius 2 is 2.00 bits per heavy atom. The lowest BCUT2D eigenvalue weighted by Crippen LogP contribution is -2.45. The van der Waals surface area contributed by atoms with E-state index >= 15 is 0 Å². The summed E-state index contributed by atoms with van der Waals surface area (Å²) in [6, 6.07) is 0.140. The number of nitrogens with one attached hydrogen (secondary N) is 1. The number of carbonyl (C=O) groups is 2.